The molecule has 102 valence electrons. The van der Waals surface area contributed by atoms with Crippen LogP contribution in [0.1, 0.15) is 27.9 Å². The molecule has 1 N–H and O–H groups in total. The number of hydrogen-bond acceptors (Lipinski definition) is 4. The zero-order chi connectivity index (χ0) is 13.7. The normalized spacial score (nSPS) is 12.6. The first-order valence-corrected chi connectivity index (χ1v) is 7.30. The SMILES string of the molecule is COCCNC(c1nc(C)cs1)c1ccccc1C. The summed E-state index contributed by atoms with van der Waals surface area (Å²) < 4.78 is 5.12. The molecule has 0 aliphatic heterocycles. The summed E-state index contributed by atoms with van der Waals surface area (Å²) in [7, 11) is 1.72. The smallest absolute Gasteiger partial charge is 0.114 e. The highest BCUT2D eigenvalue weighted by molar-refractivity contribution is 7.09. The maximum atomic E-state index is 5.12. The van der Waals surface area contributed by atoms with E-state index in [1.54, 1.807) is 18.4 Å². The summed E-state index contributed by atoms with van der Waals surface area (Å²) in [5.74, 6) is 0. The van der Waals surface area contributed by atoms with Crippen LogP contribution >= 0.6 is 11.3 Å². The molecule has 0 saturated carbocycles. The molecule has 1 unspecified atom stereocenters. The first kappa shape index (κ1) is 14.2. The fraction of sp³-hybridized carbons (Fsp3) is 0.400. The number of nitrogens with one attached hydrogen (secondary N) is 1. The predicted molar refractivity (Wildman–Crippen MR) is 79.8 cm³/mol. The van der Waals surface area contributed by atoms with Gasteiger partial charge in [-0.3, -0.25) is 0 Å². The van der Waals surface area contributed by atoms with Crippen LogP contribution in [0.5, 0.6) is 0 Å². The number of hydrogen-bond donors (Lipinski definition) is 1. The van der Waals surface area contributed by atoms with Crippen LogP contribution in [0.3, 0.4) is 0 Å². The molecule has 3 nitrogen and oxygen atoms in total. The number of nitrogens with zero attached hydrogens (tertiary/aromatic N) is 1. The quantitative estimate of drug-likeness (QED) is 0.823. The average molecular weight is 276 g/mol. The minimum atomic E-state index is 0.148. The molecule has 0 aliphatic carbocycles. The molecule has 0 aliphatic rings. The van der Waals surface area contributed by atoms with Gasteiger partial charge < -0.3 is 10.1 Å². The highest BCUT2D eigenvalue weighted by Crippen LogP contribution is 2.27. The number of rotatable bonds is 6. The Kier molecular flexibility index (Phi) is 5.07. The van der Waals surface area contributed by atoms with Gasteiger partial charge in [-0.2, -0.15) is 0 Å². The third-order valence-corrected chi connectivity index (χ3v) is 4.07. The summed E-state index contributed by atoms with van der Waals surface area (Å²) in [6, 6.07) is 8.60. The van der Waals surface area contributed by atoms with Gasteiger partial charge in [0.05, 0.1) is 12.6 Å². The Hall–Kier alpha value is -1.23. The second kappa shape index (κ2) is 6.80. The second-order valence-electron chi connectivity index (χ2n) is 4.56. The van der Waals surface area contributed by atoms with Crippen molar-refractivity contribution in [3.8, 4) is 0 Å². The van der Waals surface area contributed by atoms with Gasteiger partial charge in [0.25, 0.3) is 0 Å². The van der Waals surface area contributed by atoms with E-state index >= 15 is 0 Å². The largest absolute Gasteiger partial charge is 0.383 e. The van der Waals surface area contributed by atoms with Crippen LogP contribution in [-0.4, -0.2) is 25.2 Å². The van der Waals surface area contributed by atoms with Crippen LogP contribution < -0.4 is 5.32 Å². The maximum Gasteiger partial charge on any atom is 0.114 e. The summed E-state index contributed by atoms with van der Waals surface area (Å²) in [4.78, 5) is 4.62. The second-order valence-corrected chi connectivity index (χ2v) is 5.45. The van der Waals surface area contributed by atoms with Crippen LogP contribution in [0.2, 0.25) is 0 Å². The van der Waals surface area contributed by atoms with Crippen LogP contribution in [0.15, 0.2) is 29.6 Å². The van der Waals surface area contributed by atoms with Gasteiger partial charge in [0.2, 0.25) is 0 Å². The first-order chi connectivity index (χ1) is 9.22. The Balaban J connectivity index is 2.26. The molecule has 2 aromatic rings. The van der Waals surface area contributed by atoms with Crippen LogP contribution in [0.4, 0.5) is 0 Å². The maximum absolute atomic E-state index is 5.12. The van der Waals surface area contributed by atoms with Crippen molar-refractivity contribution in [2.45, 2.75) is 19.9 Å². The molecule has 0 spiro atoms. The summed E-state index contributed by atoms with van der Waals surface area (Å²) >= 11 is 1.70. The van der Waals surface area contributed by atoms with Gasteiger partial charge in [0.1, 0.15) is 5.01 Å². The Morgan fingerprint density at radius 2 is 2.11 bits per heavy atom. The standard InChI is InChI=1S/C15H20N2OS/c1-11-6-4-5-7-13(11)14(16-8-9-18-3)15-17-12(2)10-19-15/h4-7,10,14,16H,8-9H2,1-3H3. The van der Waals surface area contributed by atoms with Crippen LogP contribution in [0, 0.1) is 13.8 Å². The van der Waals surface area contributed by atoms with Crippen molar-refractivity contribution >= 4 is 11.3 Å². The number of benzene rings is 1. The van der Waals surface area contributed by atoms with Gasteiger partial charge in [0.15, 0.2) is 0 Å². The molecular formula is C15H20N2OS. The van der Waals surface area contributed by atoms with E-state index in [2.05, 4.69) is 46.9 Å². The van der Waals surface area contributed by atoms with Gasteiger partial charge in [-0.05, 0) is 25.0 Å². The number of aromatic nitrogens is 1. The lowest BCUT2D eigenvalue weighted by molar-refractivity contribution is 0.197. The summed E-state index contributed by atoms with van der Waals surface area (Å²) in [6.07, 6.45) is 0. The molecule has 0 saturated heterocycles. The van der Waals surface area contributed by atoms with Crippen molar-refractivity contribution in [2.75, 3.05) is 20.3 Å². The summed E-state index contributed by atoms with van der Waals surface area (Å²) in [5.41, 5.74) is 3.64. The van der Waals surface area contributed by atoms with E-state index in [-0.39, 0.29) is 6.04 Å². The van der Waals surface area contributed by atoms with Crippen molar-refractivity contribution < 1.29 is 4.74 Å². The predicted octanol–water partition coefficient (Wildman–Crippen LogP) is 3.09. The number of methoxy groups -OCH3 is 1. The number of thiazole rings is 1. The highest BCUT2D eigenvalue weighted by atomic mass is 32.1. The fourth-order valence-electron chi connectivity index (χ4n) is 2.05. The van der Waals surface area contributed by atoms with Crippen molar-refractivity contribution in [3.05, 3.63) is 51.5 Å². The number of aryl methyl sites for hydroxylation is 2. The minimum Gasteiger partial charge on any atom is -0.383 e. The lowest BCUT2D eigenvalue weighted by Crippen LogP contribution is -2.26. The van der Waals surface area contributed by atoms with Gasteiger partial charge in [0, 0.05) is 24.7 Å². The minimum absolute atomic E-state index is 0.148. The topological polar surface area (TPSA) is 34.1 Å². The molecule has 0 amide bonds. The molecule has 0 bridgehead atoms. The summed E-state index contributed by atoms with van der Waals surface area (Å²) in [5, 5.41) is 6.74. The lowest BCUT2D eigenvalue weighted by Gasteiger charge is -2.19. The van der Waals surface area contributed by atoms with Gasteiger partial charge in [-0.25, -0.2) is 4.98 Å². The zero-order valence-corrected chi connectivity index (χ0v) is 12.5. The molecule has 2 rings (SSSR count). The van der Waals surface area contributed by atoms with Crippen molar-refractivity contribution in [3.63, 3.8) is 0 Å². The van der Waals surface area contributed by atoms with Crippen molar-refractivity contribution in [1.29, 1.82) is 0 Å². The van der Waals surface area contributed by atoms with E-state index in [0.717, 1.165) is 17.2 Å². The van der Waals surface area contributed by atoms with E-state index in [1.165, 1.54) is 11.1 Å². The lowest BCUT2D eigenvalue weighted by atomic mass is 10.0. The molecule has 1 aromatic carbocycles. The van der Waals surface area contributed by atoms with Crippen molar-refractivity contribution in [2.24, 2.45) is 0 Å². The van der Waals surface area contributed by atoms with E-state index < -0.39 is 0 Å². The first-order valence-electron chi connectivity index (χ1n) is 6.42. The Morgan fingerprint density at radius 3 is 2.74 bits per heavy atom. The molecule has 0 radical (unpaired) electrons. The highest BCUT2D eigenvalue weighted by Gasteiger charge is 2.18. The monoisotopic (exact) mass is 276 g/mol. The third kappa shape index (κ3) is 3.62. The van der Waals surface area contributed by atoms with Gasteiger partial charge in [-0.15, -0.1) is 11.3 Å². The van der Waals surface area contributed by atoms with Gasteiger partial charge in [-0.1, -0.05) is 24.3 Å². The average Bonchev–Trinajstić information content (AvgIpc) is 2.83. The molecular weight excluding hydrogens is 256 g/mol. The molecule has 1 heterocycles. The van der Waals surface area contributed by atoms with Crippen LogP contribution in [-0.2, 0) is 4.74 Å². The van der Waals surface area contributed by atoms with E-state index in [9.17, 15) is 0 Å². The molecule has 0 fully saturated rings. The zero-order valence-electron chi connectivity index (χ0n) is 11.6. The van der Waals surface area contributed by atoms with E-state index in [4.69, 9.17) is 4.74 Å². The third-order valence-electron chi connectivity index (χ3n) is 3.04. The van der Waals surface area contributed by atoms with E-state index in [0.29, 0.717) is 6.61 Å². The Morgan fingerprint density at radius 1 is 1.32 bits per heavy atom. The number of ether oxygens (including phenoxy) is 1. The van der Waals surface area contributed by atoms with E-state index in [1.807, 2.05) is 6.92 Å². The molecule has 19 heavy (non-hydrogen) atoms. The Bertz CT molecular complexity index is 524. The van der Waals surface area contributed by atoms with Crippen LogP contribution in [0.25, 0.3) is 0 Å². The summed E-state index contributed by atoms with van der Waals surface area (Å²) in [6.45, 7) is 5.69. The fourth-order valence-corrected chi connectivity index (χ4v) is 2.94. The molecule has 1 atom stereocenters. The Labute approximate surface area is 118 Å². The molecule has 4 heteroatoms. The van der Waals surface area contributed by atoms with Crippen molar-refractivity contribution in [1.82, 2.24) is 10.3 Å². The molecule has 1 aromatic heterocycles. The van der Waals surface area contributed by atoms with Gasteiger partial charge >= 0.3 is 0 Å².